The molecule has 1 aliphatic heterocycles. The summed E-state index contributed by atoms with van der Waals surface area (Å²) in [5.74, 6) is 0.00856. The number of hydrogen-bond acceptors (Lipinski definition) is 3. The molecule has 0 bridgehead atoms. The molecule has 1 fully saturated rings. The van der Waals surface area contributed by atoms with Crippen LogP contribution in [0.2, 0.25) is 5.02 Å². The molecule has 1 saturated heterocycles. The second-order valence-corrected chi connectivity index (χ2v) is 5.08. The van der Waals surface area contributed by atoms with E-state index in [9.17, 15) is 4.79 Å². The van der Waals surface area contributed by atoms with Crippen LogP contribution in [0.15, 0.2) is 18.2 Å². The first-order chi connectivity index (χ1) is 9.13. The lowest BCUT2D eigenvalue weighted by atomic mass is 10.1. The number of carbonyl (C=O) groups is 1. The van der Waals surface area contributed by atoms with Gasteiger partial charge in [0, 0.05) is 23.8 Å². The van der Waals surface area contributed by atoms with E-state index in [-0.39, 0.29) is 11.9 Å². The maximum Gasteiger partial charge on any atom is 0.256 e. The Morgan fingerprint density at radius 2 is 2.37 bits per heavy atom. The molecule has 1 aromatic rings. The van der Waals surface area contributed by atoms with Crippen LogP contribution in [0.1, 0.15) is 24.2 Å². The van der Waals surface area contributed by atoms with Gasteiger partial charge in [0.1, 0.15) is 0 Å². The fourth-order valence-electron chi connectivity index (χ4n) is 2.22. The average molecular weight is 283 g/mol. The van der Waals surface area contributed by atoms with Gasteiger partial charge in [-0.25, -0.2) is 0 Å². The van der Waals surface area contributed by atoms with Crippen molar-refractivity contribution < 1.29 is 9.53 Å². The summed E-state index contributed by atoms with van der Waals surface area (Å²) in [6, 6.07) is 5.46. The number of nitrogens with zero attached hydrogens (tertiary/aromatic N) is 1. The van der Waals surface area contributed by atoms with E-state index in [1.54, 1.807) is 12.1 Å². The van der Waals surface area contributed by atoms with Gasteiger partial charge >= 0.3 is 0 Å². The van der Waals surface area contributed by atoms with Crippen LogP contribution < -0.4 is 5.32 Å². The molecule has 1 atom stereocenters. The zero-order valence-electron chi connectivity index (χ0n) is 11.3. The highest BCUT2D eigenvalue weighted by atomic mass is 35.5. The fraction of sp³-hybridized carbons (Fsp3) is 0.500. The highest BCUT2D eigenvalue weighted by Crippen LogP contribution is 2.23. The minimum Gasteiger partial charge on any atom is -0.385 e. The van der Waals surface area contributed by atoms with Crippen LogP contribution in [0.25, 0.3) is 0 Å². The van der Waals surface area contributed by atoms with Crippen molar-refractivity contribution >= 4 is 23.2 Å². The van der Waals surface area contributed by atoms with Gasteiger partial charge in [-0.2, -0.15) is 0 Å². The molecule has 0 spiro atoms. The lowest BCUT2D eigenvalue weighted by Gasteiger charge is -2.33. The largest absolute Gasteiger partial charge is 0.385 e. The monoisotopic (exact) mass is 282 g/mol. The van der Waals surface area contributed by atoms with Crippen LogP contribution in [-0.4, -0.2) is 43.2 Å². The summed E-state index contributed by atoms with van der Waals surface area (Å²) < 4.78 is 5.36. The third kappa shape index (κ3) is 3.19. The van der Waals surface area contributed by atoms with Gasteiger partial charge in [0.05, 0.1) is 24.8 Å². The molecule has 0 saturated carbocycles. The van der Waals surface area contributed by atoms with Gasteiger partial charge in [0.2, 0.25) is 0 Å². The maximum atomic E-state index is 12.6. The van der Waals surface area contributed by atoms with Crippen molar-refractivity contribution in [3.63, 3.8) is 0 Å². The zero-order chi connectivity index (χ0) is 13.8. The average Bonchev–Trinajstić information content (AvgIpc) is 2.41. The molecule has 1 unspecified atom stereocenters. The molecule has 1 amide bonds. The first-order valence-corrected chi connectivity index (χ1v) is 6.93. The molecule has 1 aliphatic rings. The summed E-state index contributed by atoms with van der Waals surface area (Å²) in [5.41, 5.74) is 1.46. The molecule has 4 nitrogen and oxygen atoms in total. The predicted molar refractivity (Wildman–Crippen MR) is 76.9 cm³/mol. The second kappa shape index (κ2) is 6.26. The summed E-state index contributed by atoms with van der Waals surface area (Å²) in [6.45, 7) is 6.56. The number of morpholine rings is 1. The number of ether oxygens (including phenoxy) is 1. The van der Waals surface area contributed by atoms with Crippen molar-refractivity contribution in [2.24, 2.45) is 0 Å². The van der Waals surface area contributed by atoms with Crippen molar-refractivity contribution in [3.05, 3.63) is 28.8 Å². The van der Waals surface area contributed by atoms with E-state index in [1.807, 2.05) is 24.8 Å². The number of anilines is 1. The smallest absolute Gasteiger partial charge is 0.256 e. The van der Waals surface area contributed by atoms with E-state index in [0.29, 0.717) is 30.3 Å². The summed E-state index contributed by atoms with van der Waals surface area (Å²) in [4.78, 5) is 14.5. The standard InChI is InChI=1S/C14H19ClN2O2/c1-3-16-13-5-4-11(15)8-12(13)14(18)17-6-7-19-9-10(17)2/h4-5,8,10,16H,3,6-7,9H2,1-2H3. The zero-order valence-corrected chi connectivity index (χ0v) is 12.0. The lowest BCUT2D eigenvalue weighted by molar-refractivity contribution is 0.00365. The van der Waals surface area contributed by atoms with Crippen LogP contribution >= 0.6 is 11.6 Å². The Morgan fingerprint density at radius 1 is 1.58 bits per heavy atom. The topological polar surface area (TPSA) is 41.6 Å². The summed E-state index contributed by atoms with van der Waals surface area (Å²) in [6.07, 6.45) is 0. The molecule has 0 radical (unpaired) electrons. The molecule has 2 rings (SSSR count). The number of benzene rings is 1. The Morgan fingerprint density at radius 3 is 3.05 bits per heavy atom. The Bertz CT molecular complexity index is 465. The summed E-state index contributed by atoms with van der Waals surface area (Å²) >= 11 is 6.01. The quantitative estimate of drug-likeness (QED) is 0.927. The predicted octanol–water partition coefficient (Wildman–Crippen LogP) is 2.63. The third-order valence-electron chi connectivity index (χ3n) is 3.21. The van der Waals surface area contributed by atoms with Gasteiger partial charge < -0.3 is 15.0 Å². The van der Waals surface area contributed by atoms with Crippen molar-refractivity contribution in [1.82, 2.24) is 4.90 Å². The first kappa shape index (κ1) is 14.2. The van der Waals surface area contributed by atoms with Gasteiger partial charge in [-0.15, -0.1) is 0 Å². The van der Waals surface area contributed by atoms with Gasteiger partial charge in [-0.1, -0.05) is 11.6 Å². The molecule has 1 heterocycles. The van der Waals surface area contributed by atoms with Gasteiger partial charge in [0.15, 0.2) is 0 Å². The van der Waals surface area contributed by atoms with E-state index in [1.165, 1.54) is 0 Å². The van der Waals surface area contributed by atoms with E-state index in [4.69, 9.17) is 16.3 Å². The van der Waals surface area contributed by atoms with E-state index in [0.717, 1.165) is 12.2 Å². The Balaban J connectivity index is 2.28. The lowest BCUT2D eigenvalue weighted by Crippen LogP contribution is -2.47. The molecule has 1 N–H and O–H groups in total. The van der Waals surface area contributed by atoms with Crippen molar-refractivity contribution in [2.75, 3.05) is 31.6 Å². The molecule has 0 aromatic heterocycles. The van der Waals surface area contributed by atoms with Crippen LogP contribution in [0.5, 0.6) is 0 Å². The molecule has 5 heteroatoms. The van der Waals surface area contributed by atoms with E-state index >= 15 is 0 Å². The van der Waals surface area contributed by atoms with Crippen LogP contribution in [0, 0.1) is 0 Å². The SMILES string of the molecule is CCNc1ccc(Cl)cc1C(=O)N1CCOCC1C. The molecular weight excluding hydrogens is 264 g/mol. The highest BCUT2D eigenvalue weighted by molar-refractivity contribution is 6.31. The van der Waals surface area contributed by atoms with Crippen molar-refractivity contribution in [2.45, 2.75) is 19.9 Å². The minimum absolute atomic E-state index is 0.00856. The number of hydrogen-bond donors (Lipinski definition) is 1. The molecule has 0 aliphatic carbocycles. The molecule has 104 valence electrons. The second-order valence-electron chi connectivity index (χ2n) is 4.64. The molecule has 19 heavy (non-hydrogen) atoms. The number of rotatable bonds is 3. The number of halogens is 1. The third-order valence-corrected chi connectivity index (χ3v) is 3.44. The molecule has 1 aromatic carbocycles. The minimum atomic E-state index is 0.00856. The van der Waals surface area contributed by atoms with Crippen molar-refractivity contribution in [1.29, 1.82) is 0 Å². The van der Waals surface area contributed by atoms with Crippen molar-refractivity contribution in [3.8, 4) is 0 Å². The van der Waals surface area contributed by atoms with Gasteiger partial charge in [-0.3, -0.25) is 4.79 Å². The number of amides is 1. The van der Waals surface area contributed by atoms with Crippen LogP contribution in [0.3, 0.4) is 0 Å². The first-order valence-electron chi connectivity index (χ1n) is 6.55. The maximum absolute atomic E-state index is 12.6. The number of carbonyl (C=O) groups excluding carboxylic acids is 1. The van der Waals surface area contributed by atoms with Crippen LogP contribution in [0.4, 0.5) is 5.69 Å². The summed E-state index contributed by atoms with van der Waals surface area (Å²) in [5, 5.41) is 3.78. The Hall–Kier alpha value is -1.26. The van der Waals surface area contributed by atoms with Gasteiger partial charge in [0.25, 0.3) is 5.91 Å². The normalized spacial score (nSPS) is 19.3. The molecular formula is C14H19ClN2O2. The highest BCUT2D eigenvalue weighted by Gasteiger charge is 2.26. The van der Waals surface area contributed by atoms with Gasteiger partial charge in [-0.05, 0) is 32.0 Å². The summed E-state index contributed by atoms with van der Waals surface area (Å²) in [7, 11) is 0. The van der Waals surface area contributed by atoms with E-state index < -0.39 is 0 Å². The number of nitrogens with one attached hydrogen (secondary N) is 1. The fourth-order valence-corrected chi connectivity index (χ4v) is 2.39. The Kier molecular flexibility index (Phi) is 4.66. The van der Waals surface area contributed by atoms with E-state index in [2.05, 4.69) is 5.32 Å². The van der Waals surface area contributed by atoms with Crippen LogP contribution in [-0.2, 0) is 4.74 Å². The Labute approximate surface area is 118 Å².